The lowest BCUT2D eigenvalue weighted by Crippen LogP contribution is -2.28. The van der Waals surface area contributed by atoms with Crippen LogP contribution >= 0.6 is 0 Å². The Morgan fingerprint density at radius 1 is 0.466 bits per heavy atom. The van der Waals surface area contributed by atoms with Gasteiger partial charge in [-0.05, 0) is 145 Å². The summed E-state index contributed by atoms with van der Waals surface area (Å²) >= 11 is 0. The van der Waals surface area contributed by atoms with Crippen molar-refractivity contribution in [1.29, 1.82) is 0 Å². The molecular weight excluding hydrogens is 699 g/mol. The van der Waals surface area contributed by atoms with Crippen molar-refractivity contribution in [2.75, 3.05) is 4.90 Å². The van der Waals surface area contributed by atoms with Crippen LogP contribution in [0, 0.1) is 5.92 Å². The molecule has 8 aromatic carbocycles. The van der Waals surface area contributed by atoms with Gasteiger partial charge in [-0.3, -0.25) is 0 Å². The van der Waals surface area contributed by atoms with Gasteiger partial charge in [-0.25, -0.2) is 0 Å². The minimum absolute atomic E-state index is 0.104. The number of anilines is 3. The molecule has 3 aliphatic carbocycles. The molecule has 0 radical (unpaired) electrons. The molecule has 1 nitrogen and oxygen atoms in total. The molecule has 0 heterocycles. The third kappa shape index (κ3) is 5.22. The molecule has 280 valence electrons. The molecule has 11 rings (SSSR count). The normalized spacial score (nSPS) is 18.0. The molecule has 3 aliphatic rings. The van der Waals surface area contributed by atoms with E-state index in [0.29, 0.717) is 11.8 Å². The van der Waals surface area contributed by atoms with E-state index in [-0.39, 0.29) is 5.41 Å². The van der Waals surface area contributed by atoms with Gasteiger partial charge in [-0.1, -0.05) is 166 Å². The monoisotopic (exact) mass is 745 g/mol. The van der Waals surface area contributed by atoms with Crippen LogP contribution in [-0.2, 0) is 10.8 Å². The van der Waals surface area contributed by atoms with E-state index in [2.05, 4.69) is 220 Å². The van der Waals surface area contributed by atoms with Crippen LogP contribution in [0.4, 0.5) is 17.1 Å². The lowest BCUT2D eigenvalue weighted by atomic mass is 9.67. The van der Waals surface area contributed by atoms with Crippen LogP contribution in [-0.4, -0.2) is 0 Å². The van der Waals surface area contributed by atoms with Crippen molar-refractivity contribution in [2.24, 2.45) is 5.92 Å². The molecule has 0 saturated heterocycles. The molecule has 1 heteroatoms. The summed E-state index contributed by atoms with van der Waals surface area (Å²) in [6.45, 7) is 7.12. The van der Waals surface area contributed by atoms with E-state index in [9.17, 15) is 0 Å². The highest BCUT2D eigenvalue weighted by atomic mass is 15.1. The van der Waals surface area contributed by atoms with Gasteiger partial charge < -0.3 is 4.90 Å². The van der Waals surface area contributed by atoms with Crippen molar-refractivity contribution in [3.05, 3.63) is 233 Å². The van der Waals surface area contributed by atoms with Crippen LogP contribution < -0.4 is 4.90 Å². The zero-order valence-corrected chi connectivity index (χ0v) is 33.5. The van der Waals surface area contributed by atoms with Gasteiger partial charge in [-0.2, -0.15) is 0 Å². The highest BCUT2D eigenvalue weighted by Crippen LogP contribution is 2.58. The number of nitrogens with zero attached hydrogens (tertiary/aromatic N) is 1. The number of allylic oxidation sites excluding steroid dienone is 2. The van der Waals surface area contributed by atoms with Crippen LogP contribution in [0.3, 0.4) is 0 Å². The zero-order valence-electron chi connectivity index (χ0n) is 33.5. The maximum atomic E-state index is 2.53. The largest absolute Gasteiger partial charge is 0.310 e. The topological polar surface area (TPSA) is 3.24 Å². The van der Waals surface area contributed by atoms with Crippen molar-refractivity contribution < 1.29 is 0 Å². The smallest absolute Gasteiger partial charge is 0.0714 e. The maximum absolute atomic E-state index is 2.53. The van der Waals surface area contributed by atoms with Gasteiger partial charge in [0.05, 0.1) is 5.41 Å². The minimum Gasteiger partial charge on any atom is -0.310 e. The Kier molecular flexibility index (Phi) is 7.99. The summed E-state index contributed by atoms with van der Waals surface area (Å²) in [4.78, 5) is 2.53. The van der Waals surface area contributed by atoms with Gasteiger partial charge in [0.15, 0.2) is 0 Å². The molecule has 58 heavy (non-hydrogen) atoms. The first-order chi connectivity index (χ1) is 28.4. The van der Waals surface area contributed by atoms with Gasteiger partial charge in [0.1, 0.15) is 0 Å². The molecule has 0 spiro atoms. The van der Waals surface area contributed by atoms with Crippen LogP contribution in [0.15, 0.2) is 194 Å². The predicted molar refractivity (Wildman–Crippen MR) is 244 cm³/mol. The fraction of sp³-hybridized carbons (Fsp3) is 0.158. The Morgan fingerprint density at radius 3 is 1.84 bits per heavy atom. The summed E-state index contributed by atoms with van der Waals surface area (Å²) in [5.74, 6) is 1.08. The molecule has 2 atom stereocenters. The van der Waals surface area contributed by atoms with E-state index < -0.39 is 5.41 Å². The van der Waals surface area contributed by atoms with Crippen LogP contribution in [0.2, 0.25) is 0 Å². The fourth-order valence-corrected chi connectivity index (χ4v) is 10.9. The Hall–Kier alpha value is -6.44. The molecule has 8 aromatic rings. The highest BCUT2D eigenvalue weighted by Gasteiger charge is 2.46. The molecule has 0 amide bonds. The summed E-state index contributed by atoms with van der Waals surface area (Å²) in [6.07, 6.45) is 7.03. The third-order valence-corrected chi connectivity index (χ3v) is 13.6. The van der Waals surface area contributed by atoms with E-state index >= 15 is 0 Å². The van der Waals surface area contributed by atoms with Gasteiger partial charge in [0.2, 0.25) is 0 Å². The molecule has 0 aliphatic heterocycles. The van der Waals surface area contributed by atoms with E-state index in [1.54, 1.807) is 0 Å². The average molecular weight is 746 g/mol. The Labute approximate surface area is 343 Å². The summed E-state index contributed by atoms with van der Waals surface area (Å²) in [5.41, 5.74) is 17.6. The van der Waals surface area contributed by atoms with Crippen LogP contribution in [0.5, 0.6) is 0 Å². The lowest BCUT2D eigenvalue weighted by Gasteiger charge is -2.35. The molecular formula is C57H47N. The second-order valence-corrected chi connectivity index (χ2v) is 17.4. The summed E-state index contributed by atoms with van der Waals surface area (Å²) < 4.78 is 0. The summed E-state index contributed by atoms with van der Waals surface area (Å²) in [7, 11) is 0. The number of hydrogen-bond donors (Lipinski definition) is 0. The molecule has 0 bridgehead atoms. The van der Waals surface area contributed by atoms with Crippen molar-refractivity contribution in [3.8, 4) is 22.3 Å². The Morgan fingerprint density at radius 2 is 1.09 bits per heavy atom. The predicted octanol–water partition coefficient (Wildman–Crippen LogP) is 15.0. The highest BCUT2D eigenvalue weighted by molar-refractivity contribution is 5.95. The fourth-order valence-electron chi connectivity index (χ4n) is 10.9. The molecule has 0 saturated carbocycles. The van der Waals surface area contributed by atoms with E-state index in [0.717, 1.165) is 12.1 Å². The summed E-state index contributed by atoms with van der Waals surface area (Å²) in [5, 5.41) is 2.58. The zero-order chi connectivity index (χ0) is 39.0. The van der Waals surface area contributed by atoms with Gasteiger partial charge in [0, 0.05) is 22.5 Å². The van der Waals surface area contributed by atoms with Crippen LogP contribution in [0.1, 0.15) is 78.5 Å². The number of hydrogen-bond acceptors (Lipinski definition) is 1. The summed E-state index contributed by atoms with van der Waals surface area (Å²) in [6, 6.07) is 68.9. The second-order valence-electron chi connectivity index (χ2n) is 17.4. The van der Waals surface area contributed by atoms with E-state index in [1.807, 2.05) is 0 Å². The third-order valence-electron chi connectivity index (χ3n) is 13.6. The van der Waals surface area contributed by atoms with Crippen molar-refractivity contribution in [1.82, 2.24) is 0 Å². The first-order valence-electron chi connectivity index (χ1n) is 21.0. The van der Waals surface area contributed by atoms with Crippen molar-refractivity contribution >= 4 is 27.8 Å². The molecule has 2 unspecified atom stereocenters. The Balaban J connectivity index is 1.16. The van der Waals surface area contributed by atoms with E-state index in [1.165, 1.54) is 89.8 Å². The van der Waals surface area contributed by atoms with Crippen molar-refractivity contribution in [3.63, 3.8) is 0 Å². The maximum Gasteiger partial charge on any atom is 0.0714 e. The molecule has 0 fully saturated rings. The second kappa shape index (κ2) is 13.3. The van der Waals surface area contributed by atoms with Gasteiger partial charge in [-0.15, -0.1) is 0 Å². The minimum atomic E-state index is -0.482. The lowest BCUT2D eigenvalue weighted by molar-refractivity contribution is 0.515. The first-order valence-corrected chi connectivity index (χ1v) is 21.0. The Bertz CT molecular complexity index is 2860. The number of benzene rings is 8. The number of fused-ring (bicyclic) bond motifs is 7. The molecule has 0 aromatic heterocycles. The van der Waals surface area contributed by atoms with Gasteiger partial charge in [0.25, 0.3) is 0 Å². The van der Waals surface area contributed by atoms with Crippen molar-refractivity contribution in [2.45, 2.75) is 50.4 Å². The number of rotatable bonds is 6. The average Bonchev–Trinajstić information content (AvgIpc) is 3.68. The standard InChI is InChI=1S/C57H47N/c1-38-16-14-19-39(32-38)40-20-15-25-45(33-40)58(46-29-31-52-51(36-46)50-34-41-17-10-11-18-42(41)35-54(50)56(52,2)3)47-28-30-49-48-26-12-13-27-53(48)57(55(49)37-47,43-21-6-4-7-22-43)44-23-8-5-9-24-44/h4-18,20-31,33-39H,19,32H2,1-3H3. The SMILES string of the molecule is CC1C=CCC(c2cccc(N(c3ccc4c(c3)-c3cc5ccccc5cc3C4(C)C)c3ccc4c(c3)C(c3ccccc3)(c3ccccc3)c3ccccc3-4)c2)C1. The first kappa shape index (κ1) is 34.8. The molecule has 0 N–H and O–H groups in total. The van der Waals surface area contributed by atoms with Crippen LogP contribution in [0.25, 0.3) is 33.0 Å². The van der Waals surface area contributed by atoms with Gasteiger partial charge >= 0.3 is 0 Å². The van der Waals surface area contributed by atoms with E-state index in [4.69, 9.17) is 0 Å². The quantitative estimate of drug-likeness (QED) is 0.153.